The Morgan fingerprint density at radius 1 is 0.224 bits per heavy atom. The molecule has 0 N–H and O–H groups in total. The highest BCUT2D eigenvalue weighted by molar-refractivity contribution is 6.37. The molecule has 2 nitrogen and oxygen atoms in total. The Morgan fingerprint density at radius 2 is 0.638 bits per heavy atom. The first kappa shape index (κ1) is 32.6. The van der Waals surface area contributed by atoms with E-state index in [9.17, 15) is 0 Å². The lowest BCUT2D eigenvalue weighted by Gasteiger charge is -2.17. The third-order valence-electron chi connectivity index (χ3n) is 11.9. The molecule has 58 heavy (non-hydrogen) atoms. The Bertz CT molecular complexity index is 3550. The predicted molar refractivity (Wildman–Crippen MR) is 245 cm³/mol. The highest BCUT2D eigenvalue weighted by atomic mass is 14.9. The van der Waals surface area contributed by atoms with E-state index in [0.717, 1.165) is 39.2 Å². The van der Waals surface area contributed by atoms with Crippen LogP contribution in [0.5, 0.6) is 0 Å². The number of nitrogens with zero attached hydrogens (tertiary/aromatic N) is 2. The molecule has 0 saturated heterocycles. The lowest BCUT2D eigenvalue weighted by Crippen LogP contribution is -1.96. The van der Waals surface area contributed by atoms with Crippen molar-refractivity contribution in [1.82, 2.24) is 9.97 Å². The van der Waals surface area contributed by atoms with Crippen LogP contribution in [0.3, 0.4) is 0 Å². The Morgan fingerprint density at radius 3 is 1.19 bits per heavy atom. The number of benzene rings is 10. The fourth-order valence-corrected chi connectivity index (χ4v) is 9.26. The fourth-order valence-electron chi connectivity index (χ4n) is 9.26. The molecule has 0 saturated carbocycles. The summed E-state index contributed by atoms with van der Waals surface area (Å²) in [7, 11) is 0. The van der Waals surface area contributed by atoms with Gasteiger partial charge in [-0.25, -0.2) is 9.97 Å². The number of rotatable bonds is 5. The van der Waals surface area contributed by atoms with Gasteiger partial charge in [0.25, 0.3) is 0 Å². The second-order valence-electron chi connectivity index (χ2n) is 15.3. The maximum Gasteiger partial charge on any atom is 0.160 e. The summed E-state index contributed by atoms with van der Waals surface area (Å²) in [4.78, 5) is 10.4. The van der Waals surface area contributed by atoms with E-state index in [1.165, 1.54) is 75.8 Å². The lowest BCUT2D eigenvalue weighted by molar-refractivity contribution is 1.18. The summed E-state index contributed by atoms with van der Waals surface area (Å²) in [6.07, 6.45) is 0. The van der Waals surface area contributed by atoms with E-state index in [-0.39, 0.29) is 0 Å². The molecular formula is C56H34N2. The van der Waals surface area contributed by atoms with Gasteiger partial charge >= 0.3 is 0 Å². The standard InChI is InChI=1S/C56H34N2/c1-3-12-35(13-4-1)40-19-7-21-42(30-40)50-34-51(58-56(57-50)39-14-5-2-6-15-39)43-22-8-20-41(31-43)45-32-44-29-28-38-17-10-24-47-46-23-9-16-36-26-27-37-18-11-25-48(54(37)52(36)46)49(33-45)55(44)53(38)47/h1-34H. The molecule has 12 rings (SSSR count). The molecule has 268 valence electrons. The molecule has 0 atom stereocenters. The molecule has 0 unspecified atom stereocenters. The summed E-state index contributed by atoms with van der Waals surface area (Å²) < 4.78 is 0. The molecule has 12 aromatic rings. The van der Waals surface area contributed by atoms with Gasteiger partial charge in [-0.05, 0) is 117 Å². The molecule has 2 heteroatoms. The Kier molecular flexibility index (Phi) is 7.26. The molecule has 11 aromatic carbocycles. The molecule has 0 aliphatic rings. The summed E-state index contributed by atoms with van der Waals surface area (Å²) in [5.74, 6) is 0.705. The quantitative estimate of drug-likeness (QED) is 0.165. The zero-order chi connectivity index (χ0) is 38.2. The topological polar surface area (TPSA) is 25.8 Å². The maximum absolute atomic E-state index is 5.22. The van der Waals surface area contributed by atoms with E-state index < -0.39 is 0 Å². The van der Waals surface area contributed by atoms with Gasteiger partial charge in [0.2, 0.25) is 0 Å². The molecule has 0 fully saturated rings. The van der Waals surface area contributed by atoms with Gasteiger partial charge in [-0.1, -0.05) is 176 Å². The van der Waals surface area contributed by atoms with E-state index in [4.69, 9.17) is 9.97 Å². The average molecular weight is 735 g/mol. The first-order chi connectivity index (χ1) is 28.7. The van der Waals surface area contributed by atoms with Crippen LogP contribution in [0.25, 0.3) is 121 Å². The minimum absolute atomic E-state index is 0.705. The van der Waals surface area contributed by atoms with Crippen LogP contribution in [0.1, 0.15) is 0 Å². The molecule has 1 heterocycles. The third-order valence-corrected chi connectivity index (χ3v) is 11.9. The van der Waals surface area contributed by atoms with Crippen molar-refractivity contribution in [2.24, 2.45) is 0 Å². The molecular weight excluding hydrogens is 701 g/mol. The zero-order valence-corrected chi connectivity index (χ0v) is 31.5. The SMILES string of the molecule is c1ccc(-c2cccc(-c3cc(-c4cccc(-c5cc6ccc7cccc8c9cccc%10ccc%11cccc(c(c5)c6c78)c%11c%109)c4)nc(-c4ccccc4)n3)c2)cc1. The highest BCUT2D eigenvalue weighted by Crippen LogP contribution is 2.44. The van der Waals surface area contributed by atoms with Gasteiger partial charge in [0, 0.05) is 16.7 Å². The second kappa shape index (κ2) is 12.9. The Balaban J connectivity index is 1.09. The minimum atomic E-state index is 0.705. The molecule has 0 radical (unpaired) electrons. The molecule has 0 aliphatic carbocycles. The predicted octanol–water partition coefficient (Wildman–Crippen LogP) is 15.2. The van der Waals surface area contributed by atoms with Crippen molar-refractivity contribution >= 4 is 64.6 Å². The first-order valence-corrected chi connectivity index (χ1v) is 19.9. The van der Waals surface area contributed by atoms with Crippen LogP contribution in [-0.2, 0) is 0 Å². The highest BCUT2D eigenvalue weighted by Gasteiger charge is 2.17. The van der Waals surface area contributed by atoms with E-state index in [1.54, 1.807) is 0 Å². The summed E-state index contributed by atoms with van der Waals surface area (Å²) >= 11 is 0. The molecule has 0 aliphatic heterocycles. The fraction of sp³-hybridized carbons (Fsp3) is 0. The smallest absolute Gasteiger partial charge is 0.160 e. The maximum atomic E-state index is 5.22. The number of fused-ring (bicyclic) bond motifs is 2. The van der Waals surface area contributed by atoms with Crippen molar-refractivity contribution in [3.05, 3.63) is 206 Å². The van der Waals surface area contributed by atoms with Crippen molar-refractivity contribution in [1.29, 1.82) is 0 Å². The third kappa shape index (κ3) is 5.19. The van der Waals surface area contributed by atoms with Crippen LogP contribution in [-0.4, -0.2) is 9.97 Å². The minimum Gasteiger partial charge on any atom is -0.228 e. The van der Waals surface area contributed by atoms with E-state index >= 15 is 0 Å². The van der Waals surface area contributed by atoms with Gasteiger partial charge in [-0.15, -0.1) is 0 Å². The van der Waals surface area contributed by atoms with Gasteiger partial charge in [-0.2, -0.15) is 0 Å². The molecule has 0 amide bonds. The molecule has 0 bridgehead atoms. The largest absolute Gasteiger partial charge is 0.228 e. The monoisotopic (exact) mass is 734 g/mol. The Hall–Kier alpha value is -7.68. The second-order valence-corrected chi connectivity index (χ2v) is 15.3. The average Bonchev–Trinajstić information content (AvgIpc) is 3.30. The van der Waals surface area contributed by atoms with E-state index in [2.05, 4.69) is 188 Å². The van der Waals surface area contributed by atoms with Crippen molar-refractivity contribution < 1.29 is 0 Å². The van der Waals surface area contributed by atoms with Crippen molar-refractivity contribution in [2.45, 2.75) is 0 Å². The number of hydrogen-bond acceptors (Lipinski definition) is 2. The first-order valence-electron chi connectivity index (χ1n) is 19.9. The van der Waals surface area contributed by atoms with E-state index in [0.29, 0.717) is 5.82 Å². The van der Waals surface area contributed by atoms with Gasteiger partial charge < -0.3 is 0 Å². The zero-order valence-electron chi connectivity index (χ0n) is 31.5. The van der Waals surface area contributed by atoms with Crippen molar-refractivity contribution in [2.75, 3.05) is 0 Å². The van der Waals surface area contributed by atoms with Crippen LogP contribution in [0, 0.1) is 0 Å². The van der Waals surface area contributed by atoms with Gasteiger partial charge in [-0.3, -0.25) is 0 Å². The van der Waals surface area contributed by atoms with Gasteiger partial charge in [0.05, 0.1) is 11.4 Å². The van der Waals surface area contributed by atoms with Gasteiger partial charge in [0.1, 0.15) is 0 Å². The van der Waals surface area contributed by atoms with Gasteiger partial charge in [0.15, 0.2) is 5.82 Å². The number of hydrogen-bond donors (Lipinski definition) is 0. The summed E-state index contributed by atoms with van der Waals surface area (Å²) in [6, 6.07) is 74.7. The summed E-state index contributed by atoms with van der Waals surface area (Å²) in [5.41, 5.74) is 9.50. The van der Waals surface area contributed by atoms with Crippen LogP contribution < -0.4 is 0 Å². The van der Waals surface area contributed by atoms with Crippen LogP contribution in [0.2, 0.25) is 0 Å². The molecule has 1 aromatic heterocycles. The van der Waals surface area contributed by atoms with Crippen LogP contribution in [0.4, 0.5) is 0 Å². The lowest BCUT2D eigenvalue weighted by atomic mass is 9.86. The van der Waals surface area contributed by atoms with E-state index in [1.807, 2.05) is 18.2 Å². The number of aromatic nitrogens is 2. The van der Waals surface area contributed by atoms with Crippen LogP contribution >= 0.6 is 0 Å². The summed E-state index contributed by atoms with van der Waals surface area (Å²) in [5, 5.41) is 15.4. The van der Waals surface area contributed by atoms with Crippen molar-refractivity contribution in [3.63, 3.8) is 0 Å². The molecule has 0 spiro atoms. The Labute approximate surface area is 335 Å². The summed E-state index contributed by atoms with van der Waals surface area (Å²) in [6.45, 7) is 0. The van der Waals surface area contributed by atoms with Crippen LogP contribution in [0.15, 0.2) is 206 Å². The normalized spacial score (nSPS) is 11.8. The van der Waals surface area contributed by atoms with Crippen molar-refractivity contribution in [3.8, 4) is 56.2 Å².